The van der Waals surface area contributed by atoms with E-state index in [2.05, 4.69) is 20.7 Å². The third-order valence-electron chi connectivity index (χ3n) is 1.89. The Balaban J connectivity index is 2.73. The molecule has 0 aliphatic heterocycles. The van der Waals surface area contributed by atoms with E-state index in [1.54, 1.807) is 0 Å². The zero-order chi connectivity index (χ0) is 14.6. The molecule has 0 aliphatic carbocycles. The zero-order valence-corrected chi connectivity index (χ0v) is 11.6. The summed E-state index contributed by atoms with van der Waals surface area (Å²) in [6.45, 7) is -1.50. The van der Waals surface area contributed by atoms with Gasteiger partial charge in [-0.3, -0.25) is 4.21 Å². The quantitative estimate of drug-likeness (QED) is 0.876. The maximum atomic E-state index is 11.8. The number of halogens is 4. The van der Waals surface area contributed by atoms with Crippen LogP contribution in [-0.4, -0.2) is 34.0 Å². The minimum atomic E-state index is -4.49. The number of alkyl halides is 3. The van der Waals surface area contributed by atoms with Crippen LogP contribution in [0, 0.1) is 0 Å². The predicted molar refractivity (Wildman–Crippen MR) is 64.4 cm³/mol. The molecule has 0 bridgehead atoms. The molecule has 0 fully saturated rings. The Morgan fingerprint density at radius 1 is 1.42 bits per heavy atom. The first kappa shape index (κ1) is 16.1. The maximum absolute atomic E-state index is 11.8. The molecule has 0 saturated heterocycles. The van der Waals surface area contributed by atoms with Gasteiger partial charge in [-0.1, -0.05) is 0 Å². The Labute approximate surface area is 117 Å². The van der Waals surface area contributed by atoms with E-state index in [4.69, 9.17) is 5.11 Å². The SMILES string of the molecule is O=C(O)c1cc(S(=O)COCC(F)(F)F)ccc1Br. The highest BCUT2D eigenvalue weighted by Gasteiger charge is 2.27. The summed E-state index contributed by atoms with van der Waals surface area (Å²) in [7, 11) is -1.86. The molecule has 1 aromatic carbocycles. The topological polar surface area (TPSA) is 63.6 Å². The molecule has 1 atom stereocenters. The Morgan fingerprint density at radius 2 is 2.05 bits per heavy atom. The first-order valence-electron chi connectivity index (χ1n) is 4.76. The fourth-order valence-corrected chi connectivity index (χ4v) is 2.37. The maximum Gasteiger partial charge on any atom is 0.411 e. The predicted octanol–water partition coefficient (Wildman–Crippen LogP) is 2.79. The van der Waals surface area contributed by atoms with Gasteiger partial charge < -0.3 is 9.84 Å². The summed E-state index contributed by atoms with van der Waals surface area (Å²) in [5.41, 5.74) is -0.123. The number of rotatable bonds is 5. The second-order valence-electron chi connectivity index (χ2n) is 3.37. The number of ether oxygens (including phenoxy) is 1. The molecule has 0 aliphatic rings. The lowest BCUT2D eigenvalue weighted by molar-refractivity contribution is -0.169. The molecule has 0 amide bonds. The van der Waals surface area contributed by atoms with Gasteiger partial charge in [0.2, 0.25) is 0 Å². The minimum absolute atomic E-state index is 0.0859. The van der Waals surface area contributed by atoms with Gasteiger partial charge in [-0.25, -0.2) is 4.79 Å². The van der Waals surface area contributed by atoms with E-state index in [1.807, 2.05) is 0 Å². The van der Waals surface area contributed by atoms with Gasteiger partial charge in [-0.05, 0) is 34.1 Å². The van der Waals surface area contributed by atoms with Crippen LogP contribution in [0.3, 0.4) is 0 Å². The number of hydrogen-bond acceptors (Lipinski definition) is 3. The third kappa shape index (κ3) is 5.29. The van der Waals surface area contributed by atoms with Crippen molar-refractivity contribution in [3.63, 3.8) is 0 Å². The van der Waals surface area contributed by atoms with Gasteiger partial charge in [0.1, 0.15) is 12.5 Å². The van der Waals surface area contributed by atoms with Crippen molar-refractivity contribution in [2.45, 2.75) is 11.1 Å². The van der Waals surface area contributed by atoms with Crippen LogP contribution in [0.2, 0.25) is 0 Å². The van der Waals surface area contributed by atoms with Crippen molar-refractivity contribution < 1.29 is 32.0 Å². The summed E-state index contributed by atoms with van der Waals surface area (Å²) in [5, 5.41) is 8.85. The average Bonchev–Trinajstić information content (AvgIpc) is 2.27. The van der Waals surface area contributed by atoms with E-state index in [0.29, 0.717) is 0 Å². The summed E-state index contributed by atoms with van der Waals surface area (Å²) in [6.07, 6.45) is -4.49. The minimum Gasteiger partial charge on any atom is -0.478 e. The van der Waals surface area contributed by atoms with Gasteiger partial charge in [0.15, 0.2) is 0 Å². The zero-order valence-electron chi connectivity index (χ0n) is 9.24. The van der Waals surface area contributed by atoms with Crippen molar-refractivity contribution in [3.8, 4) is 0 Å². The summed E-state index contributed by atoms with van der Waals surface area (Å²) >= 11 is 3.00. The van der Waals surface area contributed by atoms with Crippen molar-refractivity contribution >= 4 is 32.7 Å². The first-order valence-corrected chi connectivity index (χ1v) is 6.87. The van der Waals surface area contributed by atoms with E-state index >= 15 is 0 Å². The number of carboxylic acids is 1. The van der Waals surface area contributed by atoms with Crippen LogP contribution in [-0.2, 0) is 15.5 Å². The normalized spacial score (nSPS) is 13.3. The number of hydrogen-bond donors (Lipinski definition) is 1. The Bertz CT molecular complexity index is 504. The molecule has 1 rings (SSSR count). The summed E-state index contributed by atoms with van der Waals surface area (Å²) in [6, 6.07) is 3.84. The highest BCUT2D eigenvalue weighted by molar-refractivity contribution is 9.10. The fraction of sp³-hybridized carbons (Fsp3) is 0.300. The molecule has 1 N–H and O–H groups in total. The largest absolute Gasteiger partial charge is 0.478 e. The summed E-state index contributed by atoms with van der Waals surface area (Å²) < 4.78 is 51.6. The standard InChI is InChI=1S/C10H8BrF3O4S/c11-8-2-1-6(3-7(8)9(15)16)19(17)5-18-4-10(12,13)14/h1-3H,4-5H2,(H,15,16). The van der Waals surface area contributed by atoms with Crippen LogP contribution in [0.1, 0.15) is 10.4 Å². The van der Waals surface area contributed by atoms with Crippen molar-refractivity contribution in [1.29, 1.82) is 0 Å². The van der Waals surface area contributed by atoms with Gasteiger partial charge in [0.05, 0.1) is 16.4 Å². The number of benzene rings is 1. The van der Waals surface area contributed by atoms with E-state index in [-0.39, 0.29) is 14.9 Å². The smallest absolute Gasteiger partial charge is 0.411 e. The Hall–Kier alpha value is -0.930. The second kappa shape index (κ2) is 6.49. The molecule has 0 heterocycles. The second-order valence-corrected chi connectivity index (χ2v) is 5.63. The van der Waals surface area contributed by atoms with Gasteiger partial charge in [-0.2, -0.15) is 13.2 Å². The van der Waals surface area contributed by atoms with Crippen LogP contribution < -0.4 is 0 Å². The lowest BCUT2D eigenvalue weighted by atomic mass is 10.2. The van der Waals surface area contributed by atoms with Crippen LogP contribution >= 0.6 is 15.9 Å². The molecular weight excluding hydrogens is 353 g/mol. The van der Waals surface area contributed by atoms with Gasteiger partial charge in [-0.15, -0.1) is 0 Å². The van der Waals surface area contributed by atoms with E-state index < -0.39 is 35.5 Å². The fourth-order valence-electron chi connectivity index (χ4n) is 1.11. The Kier molecular flexibility index (Phi) is 5.50. The monoisotopic (exact) mass is 360 g/mol. The highest BCUT2D eigenvalue weighted by atomic mass is 79.9. The molecule has 1 aromatic rings. The third-order valence-corrected chi connectivity index (χ3v) is 3.74. The van der Waals surface area contributed by atoms with Crippen LogP contribution in [0.25, 0.3) is 0 Å². The first-order chi connectivity index (χ1) is 8.70. The van der Waals surface area contributed by atoms with Crippen molar-refractivity contribution in [1.82, 2.24) is 0 Å². The molecule has 0 spiro atoms. The van der Waals surface area contributed by atoms with Gasteiger partial charge >= 0.3 is 12.1 Å². The molecule has 0 radical (unpaired) electrons. The molecule has 106 valence electrons. The average molecular weight is 361 g/mol. The molecule has 1 unspecified atom stereocenters. The number of carboxylic acid groups (broad SMARTS) is 1. The summed E-state index contributed by atoms with van der Waals surface area (Å²) in [4.78, 5) is 10.9. The van der Waals surface area contributed by atoms with Crippen molar-refractivity contribution in [3.05, 3.63) is 28.2 Å². The van der Waals surface area contributed by atoms with Crippen molar-refractivity contribution in [2.75, 3.05) is 12.5 Å². The Morgan fingerprint density at radius 3 is 2.58 bits per heavy atom. The molecule has 0 saturated carbocycles. The molecule has 0 aromatic heterocycles. The van der Waals surface area contributed by atoms with Gasteiger partial charge in [0.25, 0.3) is 0 Å². The lowest BCUT2D eigenvalue weighted by Gasteiger charge is -2.08. The van der Waals surface area contributed by atoms with E-state index in [0.717, 1.165) is 6.07 Å². The highest BCUT2D eigenvalue weighted by Crippen LogP contribution is 2.21. The van der Waals surface area contributed by atoms with Crippen LogP contribution in [0.4, 0.5) is 13.2 Å². The number of carbonyl (C=O) groups is 1. The van der Waals surface area contributed by atoms with Crippen LogP contribution in [0.5, 0.6) is 0 Å². The van der Waals surface area contributed by atoms with Crippen molar-refractivity contribution in [2.24, 2.45) is 0 Å². The lowest BCUT2D eigenvalue weighted by Crippen LogP contribution is -2.18. The van der Waals surface area contributed by atoms with E-state index in [1.165, 1.54) is 12.1 Å². The van der Waals surface area contributed by atoms with Crippen LogP contribution in [0.15, 0.2) is 27.6 Å². The summed E-state index contributed by atoms with van der Waals surface area (Å²) in [5.74, 6) is -1.89. The van der Waals surface area contributed by atoms with E-state index in [9.17, 15) is 22.2 Å². The number of aromatic carboxylic acids is 1. The molecule has 19 heavy (non-hydrogen) atoms. The molecular formula is C10H8BrF3O4S. The van der Waals surface area contributed by atoms with Gasteiger partial charge in [0, 0.05) is 9.37 Å². The molecule has 4 nitrogen and oxygen atoms in total. The molecule has 9 heteroatoms.